The minimum atomic E-state index is -1.22. The highest BCUT2D eigenvalue weighted by Crippen LogP contribution is 2.17. The number of nitro benzene ring substituents is 1. The Morgan fingerprint density at radius 3 is 2.28 bits per heavy atom. The van der Waals surface area contributed by atoms with Crippen LogP contribution in [0.1, 0.15) is 19.3 Å². The number of carboxylic acids is 1. The van der Waals surface area contributed by atoms with Crippen LogP contribution < -0.4 is 9.84 Å². The van der Waals surface area contributed by atoms with Crippen molar-refractivity contribution >= 4 is 17.6 Å². The number of non-ortho nitro benzene ring substituents is 1. The third kappa shape index (κ3) is 4.60. The van der Waals surface area contributed by atoms with Gasteiger partial charge in [0, 0.05) is 24.5 Å². The van der Waals surface area contributed by atoms with Gasteiger partial charge >= 0.3 is 5.97 Å². The van der Waals surface area contributed by atoms with Crippen molar-refractivity contribution in [3.05, 3.63) is 34.4 Å². The highest BCUT2D eigenvalue weighted by molar-refractivity contribution is 5.73. The fraction of sp³-hybridized carbons (Fsp3) is 0.273. The number of rotatable bonds is 6. The van der Waals surface area contributed by atoms with E-state index in [1.54, 1.807) is 0 Å². The molecule has 1 rings (SSSR count). The van der Waals surface area contributed by atoms with E-state index in [9.17, 15) is 24.8 Å². The maximum atomic E-state index is 11.2. The van der Waals surface area contributed by atoms with Crippen molar-refractivity contribution in [1.29, 1.82) is 0 Å². The van der Waals surface area contributed by atoms with Gasteiger partial charge in [0.25, 0.3) is 5.69 Å². The first-order valence-electron chi connectivity index (χ1n) is 5.14. The van der Waals surface area contributed by atoms with Crippen molar-refractivity contribution in [2.24, 2.45) is 0 Å². The summed E-state index contributed by atoms with van der Waals surface area (Å²) in [6.45, 7) is 0. The lowest BCUT2D eigenvalue weighted by atomic mass is 10.2. The van der Waals surface area contributed by atoms with Gasteiger partial charge in [0.2, 0.25) is 0 Å². The summed E-state index contributed by atoms with van der Waals surface area (Å²) in [6, 6.07) is 5.02. The summed E-state index contributed by atoms with van der Waals surface area (Å²) >= 11 is 0. The maximum absolute atomic E-state index is 11.2. The first-order chi connectivity index (χ1) is 8.49. The molecule has 0 aliphatic carbocycles. The van der Waals surface area contributed by atoms with Crippen LogP contribution in [0.15, 0.2) is 24.3 Å². The van der Waals surface area contributed by atoms with E-state index in [2.05, 4.69) is 0 Å². The van der Waals surface area contributed by atoms with Crippen molar-refractivity contribution in [1.82, 2.24) is 0 Å². The van der Waals surface area contributed by atoms with Gasteiger partial charge in [0.05, 0.1) is 4.92 Å². The molecule has 0 amide bonds. The summed E-state index contributed by atoms with van der Waals surface area (Å²) in [4.78, 5) is 31.2. The molecule has 0 spiro atoms. The van der Waals surface area contributed by atoms with Gasteiger partial charge in [-0.2, -0.15) is 0 Å². The topological polar surface area (TPSA) is 110 Å². The van der Waals surface area contributed by atoms with E-state index in [4.69, 9.17) is 4.74 Å². The smallest absolute Gasteiger partial charge is 0.311 e. The van der Waals surface area contributed by atoms with E-state index in [1.807, 2.05) is 0 Å². The molecule has 1 aromatic carbocycles. The van der Waals surface area contributed by atoms with Crippen LogP contribution in [-0.2, 0) is 9.59 Å². The molecule has 7 nitrogen and oxygen atoms in total. The second kappa shape index (κ2) is 6.33. The SMILES string of the molecule is O=C([O-])CCCC(=O)Oc1ccc([N+](=O)[O-])cc1. The number of aliphatic carboxylic acids is 1. The van der Waals surface area contributed by atoms with Crippen LogP contribution in [-0.4, -0.2) is 16.9 Å². The van der Waals surface area contributed by atoms with Gasteiger partial charge in [-0.25, -0.2) is 0 Å². The number of benzene rings is 1. The summed E-state index contributed by atoms with van der Waals surface area (Å²) in [5.41, 5.74) is -0.105. The molecular formula is C11H10NO6-. The quantitative estimate of drug-likeness (QED) is 0.314. The van der Waals surface area contributed by atoms with Crippen LogP contribution in [0.2, 0.25) is 0 Å². The fourth-order valence-electron chi connectivity index (χ4n) is 1.20. The molecule has 0 saturated carbocycles. The van der Waals surface area contributed by atoms with Crippen molar-refractivity contribution in [2.75, 3.05) is 0 Å². The Kier molecular flexibility index (Phi) is 4.79. The fourth-order valence-corrected chi connectivity index (χ4v) is 1.20. The number of nitro groups is 1. The zero-order valence-corrected chi connectivity index (χ0v) is 9.33. The summed E-state index contributed by atoms with van der Waals surface area (Å²) in [5, 5.41) is 20.5. The molecule has 0 N–H and O–H groups in total. The van der Waals surface area contributed by atoms with Crippen LogP contribution in [0, 0.1) is 10.1 Å². The number of nitrogens with zero attached hydrogens (tertiary/aromatic N) is 1. The molecule has 0 aliphatic heterocycles. The lowest BCUT2D eigenvalue weighted by molar-refractivity contribution is -0.384. The van der Waals surface area contributed by atoms with Crippen molar-refractivity contribution < 1.29 is 24.4 Å². The lowest BCUT2D eigenvalue weighted by Crippen LogP contribution is -2.22. The van der Waals surface area contributed by atoms with Gasteiger partial charge in [0.1, 0.15) is 5.75 Å². The number of hydrogen-bond donors (Lipinski definition) is 0. The maximum Gasteiger partial charge on any atom is 0.311 e. The molecule has 7 heteroatoms. The summed E-state index contributed by atoms with van der Waals surface area (Å²) in [7, 11) is 0. The molecule has 0 atom stereocenters. The first-order valence-corrected chi connectivity index (χ1v) is 5.14. The van der Waals surface area contributed by atoms with E-state index >= 15 is 0 Å². The monoisotopic (exact) mass is 252 g/mol. The third-order valence-corrected chi connectivity index (χ3v) is 2.04. The molecular weight excluding hydrogens is 242 g/mol. The second-order valence-corrected chi connectivity index (χ2v) is 3.45. The molecule has 0 saturated heterocycles. The van der Waals surface area contributed by atoms with Crippen LogP contribution >= 0.6 is 0 Å². The Morgan fingerprint density at radius 1 is 1.17 bits per heavy atom. The van der Waals surface area contributed by atoms with Crippen LogP contribution in [0.3, 0.4) is 0 Å². The van der Waals surface area contributed by atoms with Gasteiger partial charge < -0.3 is 14.6 Å². The second-order valence-electron chi connectivity index (χ2n) is 3.45. The number of ether oxygens (including phenoxy) is 1. The van der Waals surface area contributed by atoms with Gasteiger partial charge in [-0.05, 0) is 25.0 Å². The van der Waals surface area contributed by atoms with Crippen molar-refractivity contribution in [3.8, 4) is 5.75 Å². The predicted octanol–water partition coefficient (Wildman–Crippen LogP) is 0.420. The summed E-state index contributed by atoms with van der Waals surface area (Å²) < 4.78 is 4.86. The molecule has 0 aliphatic rings. The van der Waals surface area contributed by atoms with Gasteiger partial charge in [-0.3, -0.25) is 14.9 Å². The molecule has 18 heavy (non-hydrogen) atoms. The van der Waals surface area contributed by atoms with E-state index < -0.39 is 16.9 Å². The van der Waals surface area contributed by atoms with E-state index in [-0.39, 0.29) is 30.7 Å². The largest absolute Gasteiger partial charge is 0.550 e. The molecule has 0 fully saturated rings. The van der Waals surface area contributed by atoms with Crippen molar-refractivity contribution in [2.45, 2.75) is 19.3 Å². The van der Waals surface area contributed by atoms with Crippen LogP contribution in [0.5, 0.6) is 5.75 Å². The minimum Gasteiger partial charge on any atom is -0.550 e. The van der Waals surface area contributed by atoms with E-state index in [0.717, 1.165) is 0 Å². The molecule has 0 bridgehead atoms. The van der Waals surface area contributed by atoms with Crippen LogP contribution in [0.25, 0.3) is 0 Å². The third-order valence-electron chi connectivity index (χ3n) is 2.04. The number of carbonyl (C=O) groups is 2. The highest BCUT2D eigenvalue weighted by atomic mass is 16.6. The van der Waals surface area contributed by atoms with Gasteiger partial charge in [-0.1, -0.05) is 0 Å². The Labute approximate surface area is 102 Å². The zero-order chi connectivity index (χ0) is 13.5. The summed E-state index contributed by atoms with van der Waals surface area (Å²) in [6.07, 6.45) is -0.130. The van der Waals surface area contributed by atoms with Gasteiger partial charge in [-0.15, -0.1) is 0 Å². The van der Waals surface area contributed by atoms with E-state index in [0.29, 0.717) is 0 Å². The van der Waals surface area contributed by atoms with Crippen molar-refractivity contribution in [3.63, 3.8) is 0 Å². The molecule has 0 unspecified atom stereocenters. The van der Waals surface area contributed by atoms with Crippen LogP contribution in [0.4, 0.5) is 5.69 Å². The Bertz CT molecular complexity index is 453. The number of esters is 1. The summed E-state index contributed by atoms with van der Waals surface area (Å²) in [5.74, 6) is -1.64. The molecule has 96 valence electrons. The molecule has 0 aromatic heterocycles. The normalized spacial score (nSPS) is 9.78. The van der Waals surface area contributed by atoms with Gasteiger partial charge in [0.15, 0.2) is 0 Å². The minimum absolute atomic E-state index is 0.0506. The Morgan fingerprint density at radius 2 is 1.78 bits per heavy atom. The predicted molar refractivity (Wildman–Crippen MR) is 57.6 cm³/mol. The standard InChI is InChI=1S/C11H11NO6/c13-10(14)2-1-3-11(15)18-9-6-4-8(5-7-9)12(16)17/h4-7H,1-3H2,(H,13,14)/p-1. The number of carbonyl (C=O) groups excluding carboxylic acids is 2. The lowest BCUT2D eigenvalue weighted by Gasteiger charge is -2.04. The molecule has 1 aromatic rings. The Balaban J connectivity index is 2.44. The number of hydrogen-bond acceptors (Lipinski definition) is 6. The first kappa shape index (κ1) is 13.6. The average molecular weight is 252 g/mol. The zero-order valence-electron chi connectivity index (χ0n) is 9.33. The van der Waals surface area contributed by atoms with E-state index in [1.165, 1.54) is 24.3 Å². The number of carboxylic acid groups (broad SMARTS) is 1. The average Bonchev–Trinajstić information content (AvgIpc) is 2.29. The molecule has 0 heterocycles. The molecule has 0 radical (unpaired) electrons. The Hall–Kier alpha value is -2.44. The highest BCUT2D eigenvalue weighted by Gasteiger charge is 2.08.